The smallest absolute Gasteiger partial charge is 0.191 e. The molecule has 29 heavy (non-hydrogen) atoms. The van der Waals surface area contributed by atoms with Gasteiger partial charge in [0.1, 0.15) is 24.3 Å². The van der Waals surface area contributed by atoms with Gasteiger partial charge in [0.2, 0.25) is 0 Å². The van der Waals surface area contributed by atoms with Gasteiger partial charge < -0.3 is 20.1 Å². The van der Waals surface area contributed by atoms with Crippen LogP contribution in [-0.4, -0.2) is 53.6 Å². The van der Waals surface area contributed by atoms with Crippen molar-refractivity contribution in [1.82, 2.24) is 25.4 Å². The van der Waals surface area contributed by atoms with Crippen LogP contribution in [-0.2, 0) is 24.3 Å². The number of hydrogen-bond acceptors (Lipinski definition) is 5. The SMILES string of the molecule is CN=C(NCC(C)Oc1cccc(Cl)c1)NC1CCc2nc(COC)nn2C1.I. The molecule has 0 amide bonds. The van der Waals surface area contributed by atoms with Crippen molar-refractivity contribution in [3.05, 3.63) is 40.9 Å². The number of methoxy groups -OCH3 is 1. The van der Waals surface area contributed by atoms with Gasteiger partial charge in [-0.05, 0) is 31.5 Å². The van der Waals surface area contributed by atoms with Crippen LogP contribution in [0.2, 0.25) is 5.02 Å². The van der Waals surface area contributed by atoms with Crippen molar-refractivity contribution in [2.75, 3.05) is 20.7 Å². The number of nitrogens with zero attached hydrogens (tertiary/aromatic N) is 4. The van der Waals surface area contributed by atoms with Crippen molar-refractivity contribution >= 4 is 41.5 Å². The van der Waals surface area contributed by atoms with Crippen molar-refractivity contribution in [3.8, 4) is 5.75 Å². The number of guanidine groups is 1. The zero-order valence-electron chi connectivity index (χ0n) is 16.9. The molecule has 2 unspecified atom stereocenters. The van der Waals surface area contributed by atoms with Crippen molar-refractivity contribution in [2.24, 2.45) is 4.99 Å². The predicted molar refractivity (Wildman–Crippen MR) is 124 cm³/mol. The van der Waals surface area contributed by atoms with E-state index in [9.17, 15) is 0 Å². The standard InChI is InChI=1S/C19H27ClN6O2.HI/c1-13(28-16-6-4-5-14(20)9-16)10-22-19(21-2)23-15-7-8-18-24-17(12-27-3)25-26(18)11-15;/h4-6,9,13,15H,7-8,10-12H2,1-3H3,(H2,21,22,23);1H. The number of aromatic nitrogens is 3. The first-order valence-corrected chi connectivity index (χ1v) is 9.76. The van der Waals surface area contributed by atoms with Crippen molar-refractivity contribution in [3.63, 3.8) is 0 Å². The number of aliphatic imine (C=N–C) groups is 1. The molecular formula is C19H28ClIN6O2. The van der Waals surface area contributed by atoms with Crippen LogP contribution in [0.4, 0.5) is 0 Å². The topological polar surface area (TPSA) is 85.6 Å². The van der Waals surface area contributed by atoms with Crippen LogP contribution in [0.1, 0.15) is 25.0 Å². The molecule has 0 fully saturated rings. The maximum Gasteiger partial charge on any atom is 0.191 e. The minimum Gasteiger partial charge on any atom is -0.489 e. The molecule has 1 aromatic carbocycles. The Morgan fingerprint density at radius 2 is 2.28 bits per heavy atom. The highest BCUT2D eigenvalue weighted by molar-refractivity contribution is 14.0. The van der Waals surface area contributed by atoms with Crippen LogP contribution >= 0.6 is 35.6 Å². The largest absolute Gasteiger partial charge is 0.489 e. The minimum atomic E-state index is -0.0399. The van der Waals surface area contributed by atoms with E-state index in [1.54, 1.807) is 20.2 Å². The van der Waals surface area contributed by atoms with E-state index < -0.39 is 0 Å². The number of halogens is 2. The van der Waals surface area contributed by atoms with E-state index in [1.807, 2.05) is 29.8 Å². The van der Waals surface area contributed by atoms with Crippen LogP contribution < -0.4 is 15.4 Å². The fourth-order valence-electron chi connectivity index (χ4n) is 3.11. The number of benzene rings is 1. The first kappa shape index (κ1) is 23.7. The second-order valence-corrected chi connectivity index (χ2v) is 7.21. The molecular weight excluding hydrogens is 507 g/mol. The molecule has 0 saturated heterocycles. The highest BCUT2D eigenvalue weighted by atomic mass is 127. The van der Waals surface area contributed by atoms with Crippen LogP contribution in [0.3, 0.4) is 0 Å². The maximum absolute atomic E-state index is 6.00. The zero-order valence-corrected chi connectivity index (χ0v) is 20.0. The molecule has 160 valence electrons. The van der Waals surface area contributed by atoms with E-state index in [0.717, 1.165) is 42.7 Å². The molecule has 8 nitrogen and oxygen atoms in total. The molecule has 1 aliphatic rings. The summed E-state index contributed by atoms with van der Waals surface area (Å²) in [5.41, 5.74) is 0. The lowest BCUT2D eigenvalue weighted by molar-refractivity contribution is 0.177. The van der Waals surface area contributed by atoms with Gasteiger partial charge in [0.25, 0.3) is 0 Å². The molecule has 0 saturated carbocycles. The average molecular weight is 535 g/mol. The highest BCUT2D eigenvalue weighted by Gasteiger charge is 2.22. The van der Waals surface area contributed by atoms with Crippen molar-refractivity contribution < 1.29 is 9.47 Å². The fraction of sp³-hybridized carbons (Fsp3) is 0.526. The Morgan fingerprint density at radius 3 is 3.00 bits per heavy atom. The van der Waals surface area contributed by atoms with Gasteiger partial charge >= 0.3 is 0 Å². The fourth-order valence-corrected chi connectivity index (χ4v) is 3.29. The first-order valence-electron chi connectivity index (χ1n) is 9.38. The molecule has 2 heterocycles. The lowest BCUT2D eigenvalue weighted by atomic mass is 10.1. The Hall–Kier alpha value is -1.59. The first-order chi connectivity index (χ1) is 13.6. The molecule has 1 aliphatic heterocycles. The van der Waals surface area contributed by atoms with Gasteiger partial charge in [0, 0.05) is 31.6 Å². The third-order valence-corrected chi connectivity index (χ3v) is 4.67. The van der Waals surface area contributed by atoms with Gasteiger partial charge in [-0.25, -0.2) is 9.67 Å². The van der Waals surface area contributed by atoms with E-state index in [0.29, 0.717) is 18.2 Å². The highest BCUT2D eigenvalue weighted by Crippen LogP contribution is 2.18. The maximum atomic E-state index is 6.00. The Morgan fingerprint density at radius 1 is 1.45 bits per heavy atom. The number of fused-ring (bicyclic) bond motifs is 1. The van der Waals surface area contributed by atoms with Gasteiger partial charge in [0.05, 0.1) is 13.1 Å². The molecule has 10 heteroatoms. The average Bonchev–Trinajstić information content (AvgIpc) is 3.07. The summed E-state index contributed by atoms with van der Waals surface area (Å²) in [6, 6.07) is 7.63. The van der Waals surface area contributed by atoms with Gasteiger partial charge in [0.15, 0.2) is 11.8 Å². The molecule has 3 rings (SSSR count). The second kappa shape index (κ2) is 11.6. The number of hydrogen-bond donors (Lipinski definition) is 2. The Kier molecular flexibility index (Phi) is 9.44. The molecule has 2 aromatic rings. The summed E-state index contributed by atoms with van der Waals surface area (Å²) in [4.78, 5) is 8.83. The number of nitrogens with one attached hydrogen (secondary N) is 2. The van der Waals surface area contributed by atoms with Crippen LogP contribution in [0.15, 0.2) is 29.3 Å². The van der Waals surface area contributed by atoms with Gasteiger partial charge in [-0.15, -0.1) is 24.0 Å². The summed E-state index contributed by atoms with van der Waals surface area (Å²) in [6.07, 6.45) is 1.81. The number of rotatable bonds is 7. The van der Waals surface area contributed by atoms with E-state index >= 15 is 0 Å². The molecule has 0 spiro atoms. The zero-order chi connectivity index (χ0) is 19.9. The van der Waals surface area contributed by atoms with Gasteiger partial charge in [-0.1, -0.05) is 17.7 Å². The molecule has 1 aromatic heterocycles. The van der Waals surface area contributed by atoms with Crippen molar-refractivity contribution in [1.29, 1.82) is 0 Å². The predicted octanol–water partition coefficient (Wildman–Crippen LogP) is 2.64. The number of ether oxygens (including phenoxy) is 2. The second-order valence-electron chi connectivity index (χ2n) is 6.78. The van der Waals surface area contributed by atoms with Gasteiger partial charge in [-0.3, -0.25) is 4.99 Å². The molecule has 0 aliphatic carbocycles. The minimum absolute atomic E-state index is 0. The summed E-state index contributed by atoms with van der Waals surface area (Å²) in [6.45, 7) is 3.80. The third kappa shape index (κ3) is 7.00. The summed E-state index contributed by atoms with van der Waals surface area (Å²) in [5.74, 6) is 3.24. The summed E-state index contributed by atoms with van der Waals surface area (Å²) in [5, 5.41) is 11.9. The lowest BCUT2D eigenvalue weighted by Crippen LogP contribution is -2.48. The lowest BCUT2D eigenvalue weighted by Gasteiger charge is -2.26. The Bertz CT molecular complexity index is 816. The summed E-state index contributed by atoms with van der Waals surface area (Å²) in [7, 11) is 3.41. The monoisotopic (exact) mass is 534 g/mol. The molecule has 0 radical (unpaired) electrons. The van der Waals surface area contributed by atoms with E-state index in [1.165, 1.54) is 0 Å². The van der Waals surface area contributed by atoms with E-state index in [4.69, 9.17) is 21.1 Å². The third-order valence-electron chi connectivity index (χ3n) is 4.43. The molecule has 2 N–H and O–H groups in total. The molecule has 2 atom stereocenters. The Labute approximate surface area is 193 Å². The van der Waals surface area contributed by atoms with Crippen LogP contribution in [0.5, 0.6) is 5.75 Å². The Balaban J connectivity index is 0.00000300. The van der Waals surface area contributed by atoms with Crippen LogP contribution in [0.25, 0.3) is 0 Å². The van der Waals surface area contributed by atoms with Crippen molar-refractivity contribution in [2.45, 2.75) is 45.1 Å². The van der Waals surface area contributed by atoms with E-state index in [-0.39, 0.29) is 36.1 Å². The normalized spacial score (nSPS) is 17.1. The van der Waals surface area contributed by atoms with Gasteiger partial charge in [-0.2, -0.15) is 5.10 Å². The van der Waals surface area contributed by atoms with Crippen LogP contribution in [0, 0.1) is 0 Å². The van der Waals surface area contributed by atoms with E-state index in [2.05, 4.69) is 25.7 Å². The summed E-state index contributed by atoms with van der Waals surface area (Å²) >= 11 is 6.00. The molecule has 0 bridgehead atoms. The quantitative estimate of drug-likeness (QED) is 0.323. The summed E-state index contributed by atoms with van der Waals surface area (Å²) < 4.78 is 13.0. The number of aryl methyl sites for hydroxylation is 1.